The Balaban J connectivity index is 2.29. The fourth-order valence-electron chi connectivity index (χ4n) is 1.77. The third-order valence-corrected chi connectivity index (χ3v) is 3.14. The smallest absolute Gasteiger partial charge is 0.278 e. The Morgan fingerprint density at radius 2 is 2.20 bits per heavy atom. The van der Waals surface area contributed by atoms with Crippen molar-refractivity contribution in [1.82, 2.24) is 10.2 Å². The number of aromatic amines is 1. The maximum absolute atomic E-state index is 13.6. The average molecular weight is 297 g/mol. The third kappa shape index (κ3) is 2.60. The van der Waals surface area contributed by atoms with E-state index in [2.05, 4.69) is 15.5 Å². The number of benzene rings is 1. The van der Waals surface area contributed by atoms with E-state index in [1.54, 1.807) is 0 Å². The van der Waals surface area contributed by atoms with Gasteiger partial charge in [0, 0.05) is 0 Å². The number of amides is 1. The van der Waals surface area contributed by atoms with Crippen LogP contribution in [0.25, 0.3) is 0 Å². The van der Waals surface area contributed by atoms with Crippen molar-refractivity contribution in [3.63, 3.8) is 0 Å². The van der Waals surface area contributed by atoms with Crippen LogP contribution in [0.1, 0.15) is 35.9 Å². The van der Waals surface area contributed by atoms with E-state index in [0.29, 0.717) is 5.69 Å². The van der Waals surface area contributed by atoms with E-state index in [1.165, 1.54) is 18.2 Å². The molecule has 0 unspecified atom stereocenters. The molecule has 0 aliphatic carbocycles. The first-order chi connectivity index (χ1) is 9.41. The molecule has 0 saturated heterocycles. The van der Waals surface area contributed by atoms with Crippen LogP contribution >= 0.6 is 11.6 Å². The lowest BCUT2D eigenvalue weighted by Gasteiger charge is -2.07. The molecule has 1 aromatic carbocycles. The molecule has 0 aliphatic heterocycles. The van der Waals surface area contributed by atoms with Crippen molar-refractivity contribution in [1.29, 1.82) is 0 Å². The maximum atomic E-state index is 13.6. The highest BCUT2D eigenvalue weighted by Gasteiger charge is 2.20. The average Bonchev–Trinajstić information content (AvgIpc) is 2.76. The second-order valence-electron chi connectivity index (χ2n) is 4.61. The zero-order valence-electron chi connectivity index (χ0n) is 11.0. The first-order valence-corrected chi connectivity index (χ1v) is 6.38. The second kappa shape index (κ2) is 5.50. The molecule has 2 rings (SSSR count). The SMILES string of the molecule is CC(C)c1[nH]nc(C(=O)Nc2c(F)cccc2Cl)c1N. The minimum atomic E-state index is -0.621. The lowest BCUT2D eigenvalue weighted by molar-refractivity contribution is 0.102. The van der Waals surface area contributed by atoms with Crippen LogP contribution in [0.5, 0.6) is 0 Å². The number of anilines is 2. The Labute approximate surface area is 120 Å². The van der Waals surface area contributed by atoms with Gasteiger partial charge in [-0.15, -0.1) is 0 Å². The fraction of sp³-hybridized carbons (Fsp3) is 0.231. The number of nitrogens with zero attached hydrogens (tertiary/aromatic N) is 1. The van der Waals surface area contributed by atoms with Crippen molar-refractivity contribution in [2.75, 3.05) is 11.1 Å². The number of para-hydroxylation sites is 1. The molecule has 20 heavy (non-hydrogen) atoms. The van der Waals surface area contributed by atoms with Crippen molar-refractivity contribution in [3.8, 4) is 0 Å². The number of halogens is 2. The van der Waals surface area contributed by atoms with Gasteiger partial charge in [-0.25, -0.2) is 4.39 Å². The molecule has 4 N–H and O–H groups in total. The highest BCUT2D eigenvalue weighted by atomic mass is 35.5. The minimum Gasteiger partial charge on any atom is -0.395 e. The molecule has 0 spiro atoms. The summed E-state index contributed by atoms with van der Waals surface area (Å²) in [4.78, 5) is 12.1. The monoisotopic (exact) mass is 296 g/mol. The zero-order chi connectivity index (χ0) is 14.9. The third-order valence-electron chi connectivity index (χ3n) is 2.83. The Hall–Kier alpha value is -2.08. The molecule has 106 valence electrons. The van der Waals surface area contributed by atoms with Crippen molar-refractivity contribution in [3.05, 3.63) is 40.4 Å². The molecule has 1 heterocycles. The summed E-state index contributed by atoms with van der Waals surface area (Å²) in [6.07, 6.45) is 0. The largest absolute Gasteiger partial charge is 0.395 e. The van der Waals surface area contributed by atoms with Crippen molar-refractivity contribution < 1.29 is 9.18 Å². The number of H-pyrrole nitrogens is 1. The van der Waals surface area contributed by atoms with E-state index in [4.69, 9.17) is 17.3 Å². The Morgan fingerprint density at radius 3 is 2.75 bits per heavy atom. The molecule has 1 aromatic heterocycles. The van der Waals surface area contributed by atoms with Gasteiger partial charge in [-0.2, -0.15) is 5.10 Å². The normalized spacial score (nSPS) is 10.8. The summed E-state index contributed by atoms with van der Waals surface area (Å²) in [5.41, 5.74) is 6.70. The quantitative estimate of drug-likeness (QED) is 0.813. The number of aromatic nitrogens is 2. The van der Waals surface area contributed by atoms with Gasteiger partial charge in [0.05, 0.1) is 22.1 Å². The summed E-state index contributed by atoms with van der Waals surface area (Å²) in [6.45, 7) is 3.83. The Morgan fingerprint density at radius 1 is 1.50 bits per heavy atom. The molecule has 0 fully saturated rings. The van der Waals surface area contributed by atoms with Gasteiger partial charge < -0.3 is 11.1 Å². The lowest BCUT2D eigenvalue weighted by atomic mass is 10.1. The van der Waals surface area contributed by atoms with Crippen LogP contribution in [0.15, 0.2) is 18.2 Å². The van der Waals surface area contributed by atoms with Crippen molar-refractivity contribution in [2.45, 2.75) is 19.8 Å². The van der Waals surface area contributed by atoms with Crippen LogP contribution in [-0.4, -0.2) is 16.1 Å². The van der Waals surface area contributed by atoms with Gasteiger partial charge in [-0.1, -0.05) is 31.5 Å². The molecule has 0 saturated carbocycles. The van der Waals surface area contributed by atoms with E-state index in [9.17, 15) is 9.18 Å². The highest BCUT2D eigenvalue weighted by Crippen LogP contribution is 2.27. The molecule has 0 bridgehead atoms. The van der Waals surface area contributed by atoms with Gasteiger partial charge in [0.2, 0.25) is 0 Å². The summed E-state index contributed by atoms with van der Waals surface area (Å²) in [5, 5.41) is 9.06. The van der Waals surface area contributed by atoms with E-state index < -0.39 is 11.7 Å². The van der Waals surface area contributed by atoms with Crippen LogP contribution in [0.2, 0.25) is 5.02 Å². The molecule has 1 amide bonds. The van der Waals surface area contributed by atoms with Gasteiger partial charge in [0.25, 0.3) is 5.91 Å². The van der Waals surface area contributed by atoms with Crippen LogP contribution in [-0.2, 0) is 0 Å². The highest BCUT2D eigenvalue weighted by molar-refractivity contribution is 6.34. The Kier molecular flexibility index (Phi) is 3.94. The van der Waals surface area contributed by atoms with Crippen LogP contribution < -0.4 is 11.1 Å². The van der Waals surface area contributed by atoms with Gasteiger partial charge in [-0.3, -0.25) is 9.89 Å². The van der Waals surface area contributed by atoms with E-state index in [1.807, 2.05) is 13.8 Å². The lowest BCUT2D eigenvalue weighted by Crippen LogP contribution is -2.15. The summed E-state index contributed by atoms with van der Waals surface area (Å²) >= 11 is 5.84. The fourth-order valence-corrected chi connectivity index (χ4v) is 1.98. The first kappa shape index (κ1) is 14.3. The van der Waals surface area contributed by atoms with Gasteiger partial charge in [-0.05, 0) is 18.1 Å². The van der Waals surface area contributed by atoms with E-state index >= 15 is 0 Å². The molecular weight excluding hydrogens is 283 g/mol. The van der Waals surface area contributed by atoms with Gasteiger partial charge in [0.15, 0.2) is 5.69 Å². The summed E-state index contributed by atoms with van der Waals surface area (Å²) in [6, 6.07) is 4.13. The summed E-state index contributed by atoms with van der Waals surface area (Å²) in [5.74, 6) is -1.14. The number of nitrogens with one attached hydrogen (secondary N) is 2. The molecule has 7 heteroatoms. The first-order valence-electron chi connectivity index (χ1n) is 6.01. The number of hydrogen-bond acceptors (Lipinski definition) is 3. The molecule has 0 aliphatic rings. The standard InChI is InChI=1S/C13H14ClFN4O/c1-6(2)10-9(16)12(19-18-10)13(20)17-11-7(14)4-3-5-8(11)15/h3-6H,16H2,1-2H3,(H,17,20)(H,18,19). The molecule has 0 radical (unpaired) electrons. The minimum absolute atomic E-state index is 0.0213. The number of hydrogen-bond donors (Lipinski definition) is 3. The molecule has 5 nitrogen and oxygen atoms in total. The Bertz CT molecular complexity index is 634. The van der Waals surface area contributed by atoms with E-state index in [-0.39, 0.29) is 28.0 Å². The topological polar surface area (TPSA) is 83.8 Å². The maximum Gasteiger partial charge on any atom is 0.278 e. The zero-order valence-corrected chi connectivity index (χ0v) is 11.8. The predicted molar refractivity (Wildman–Crippen MR) is 76.5 cm³/mol. The van der Waals surface area contributed by atoms with Crippen molar-refractivity contribution in [2.24, 2.45) is 0 Å². The number of nitrogen functional groups attached to an aromatic ring is 1. The second-order valence-corrected chi connectivity index (χ2v) is 5.01. The van der Waals surface area contributed by atoms with Crippen LogP contribution in [0, 0.1) is 5.82 Å². The number of carbonyl (C=O) groups is 1. The molecular formula is C13H14ClFN4O. The number of nitrogens with two attached hydrogens (primary N) is 1. The summed E-state index contributed by atoms with van der Waals surface area (Å²) in [7, 11) is 0. The predicted octanol–water partition coefficient (Wildman–Crippen LogP) is 3.16. The summed E-state index contributed by atoms with van der Waals surface area (Å²) < 4.78 is 13.6. The van der Waals surface area contributed by atoms with Crippen molar-refractivity contribution >= 4 is 28.9 Å². The van der Waals surface area contributed by atoms with E-state index in [0.717, 1.165) is 0 Å². The number of rotatable bonds is 3. The van der Waals surface area contributed by atoms with Gasteiger partial charge in [0.1, 0.15) is 5.82 Å². The number of carbonyl (C=O) groups excluding carboxylic acids is 1. The molecule has 2 aromatic rings. The van der Waals surface area contributed by atoms with Crippen LogP contribution in [0.4, 0.5) is 15.8 Å². The van der Waals surface area contributed by atoms with Gasteiger partial charge >= 0.3 is 0 Å². The molecule has 0 atom stereocenters. The van der Waals surface area contributed by atoms with Crippen LogP contribution in [0.3, 0.4) is 0 Å².